The summed E-state index contributed by atoms with van der Waals surface area (Å²) in [5.41, 5.74) is -1.01. The van der Waals surface area contributed by atoms with E-state index in [0.29, 0.717) is 5.69 Å². The summed E-state index contributed by atoms with van der Waals surface area (Å²) in [7, 11) is 0. The second-order valence-electron chi connectivity index (χ2n) is 5.36. The fourth-order valence-corrected chi connectivity index (χ4v) is 2.37. The van der Waals surface area contributed by atoms with Crippen molar-refractivity contribution >= 4 is 34.7 Å². The molecule has 2 aromatic rings. The lowest BCUT2D eigenvalue weighted by Crippen LogP contribution is -2.51. The lowest BCUT2D eigenvalue weighted by molar-refractivity contribution is -0.384. The maximum Gasteiger partial charge on any atom is 0.276 e. The fraction of sp³-hybridized carbons (Fsp3) is 0.214. The van der Waals surface area contributed by atoms with Gasteiger partial charge >= 0.3 is 0 Å². The first kappa shape index (κ1) is 15.2. The van der Waals surface area contributed by atoms with E-state index >= 15 is 0 Å². The number of non-ortho nitro benzene ring substituents is 1. The lowest BCUT2D eigenvalue weighted by Gasteiger charge is -2.37. The Morgan fingerprint density at radius 2 is 2.13 bits per heavy atom. The Morgan fingerprint density at radius 3 is 2.83 bits per heavy atom. The van der Waals surface area contributed by atoms with Crippen LogP contribution < -0.4 is 9.64 Å². The van der Waals surface area contributed by atoms with E-state index < -0.39 is 16.4 Å². The molecule has 3 rings (SSSR count). The van der Waals surface area contributed by atoms with Gasteiger partial charge in [0.25, 0.3) is 11.6 Å². The Kier molecular flexibility index (Phi) is 3.41. The highest BCUT2D eigenvalue weighted by Crippen LogP contribution is 2.41. The molecule has 0 spiro atoms. The Labute approximate surface area is 135 Å². The molecule has 1 aliphatic rings. The number of carbonyl (C=O) groups is 1. The van der Waals surface area contributed by atoms with Gasteiger partial charge in [-0.25, -0.2) is 4.98 Å². The van der Waals surface area contributed by atoms with Crippen molar-refractivity contribution in [3.05, 3.63) is 45.9 Å². The minimum Gasteiger partial charge on any atom is -0.472 e. The molecule has 0 atom stereocenters. The summed E-state index contributed by atoms with van der Waals surface area (Å²) in [6, 6.07) is 5.70. The molecule has 0 saturated heterocycles. The Bertz CT molecular complexity index is 824. The number of anilines is 2. The van der Waals surface area contributed by atoms with Crippen LogP contribution >= 0.6 is 11.6 Å². The van der Waals surface area contributed by atoms with Gasteiger partial charge in [0.15, 0.2) is 17.2 Å². The monoisotopic (exact) mass is 334 g/mol. The number of hydrogen-bond acceptors (Lipinski definition) is 6. The van der Waals surface area contributed by atoms with E-state index in [1.165, 1.54) is 29.3 Å². The normalized spacial score (nSPS) is 15.8. The zero-order valence-electron chi connectivity index (χ0n) is 12.2. The largest absolute Gasteiger partial charge is 0.472 e. The fourth-order valence-electron chi connectivity index (χ4n) is 2.24. The zero-order valence-corrected chi connectivity index (χ0v) is 12.9. The second kappa shape index (κ2) is 5.17. The number of nitro benzene ring substituents is 1. The van der Waals surface area contributed by atoms with E-state index in [9.17, 15) is 14.9 Å². The molecule has 2 heterocycles. The molecule has 1 aliphatic heterocycles. The summed E-state index contributed by atoms with van der Waals surface area (Å²) in [4.78, 5) is 32.3. The maximum absolute atomic E-state index is 12.7. The number of hydrogen-bond donors (Lipinski definition) is 0. The molecule has 8 nitrogen and oxygen atoms in total. The van der Waals surface area contributed by atoms with Crippen LogP contribution in [0.15, 0.2) is 30.5 Å². The summed E-state index contributed by atoms with van der Waals surface area (Å²) >= 11 is 5.81. The molecule has 118 valence electrons. The summed E-state index contributed by atoms with van der Waals surface area (Å²) in [5.74, 6) is 0.000550. The van der Waals surface area contributed by atoms with Gasteiger partial charge in [0.1, 0.15) is 0 Å². The number of halogens is 1. The van der Waals surface area contributed by atoms with Crippen LogP contribution in [0.1, 0.15) is 13.8 Å². The van der Waals surface area contributed by atoms with E-state index in [4.69, 9.17) is 16.3 Å². The average Bonchev–Trinajstić information content (AvgIpc) is 2.49. The summed E-state index contributed by atoms with van der Waals surface area (Å²) < 4.78 is 5.61. The van der Waals surface area contributed by atoms with E-state index in [2.05, 4.69) is 9.97 Å². The Balaban J connectivity index is 2.21. The molecule has 1 amide bonds. The topological polar surface area (TPSA) is 98.5 Å². The smallest absolute Gasteiger partial charge is 0.276 e. The number of benzene rings is 1. The molecule has 0 bridgehead atoms. The van der Waals surface area contributed by atoms with Crippen molar-refractivity contribution in [1.29, 1.82) is 0 Å². The van der Waals surface area contributed by atoms with E-state index in [-0.39, 0.29) is 22.5 Å². The number of rotatable bonds is 2. The average molecular weight is 335 g/mol. The van der Waals surface area contributed by atoms with Crippen LogP contribution in [0.25, 0.3) is 0 Å². The molecular weight excluding hydrogens is 324 g/mol. The number of nitrogens with zero attached hydrogens (tertiary/aromatic N) is 4. The predicted molar refractivity (Wildman–Crippen MR) is 82.0 cm³/mol. The van der Waals surface area contributed by atoms with Crippen LogP contribution in [0.2, 0.25) is 5.28 Å². The second-order valence-corrected chi connectivity index (χ2v) is 5.69. The minimum absolute atomic E-state index is 0.0599. The van der Waals surface area contributed by atoms with Gasteiger partial charge in [-0.2, -0.15) is 4.98 Å². The number of fused-ring (bicyclic) bond motifs is 1. The third-order valence-electron chi connectivity index (χ3n) is 3.30. The van der Waals surface area contributed by atoms with Gasteiger partial charge in [-0.15, -0.1) is 0 Å². The first-order valence-corrected chi connectivity index (χ1v) is 6.98. The van der Waals surface area contributed by atoms with E-state index in [1.807, 2.05) is 0 Å². The van der Waals surface area contributed by atoms with Crippen molar-refractivity contribution in [1.82, 2.24) is 9.97 Å². The molecule has 9 heteroatoms. The van der Waals surface area contributed by atoms with Crippen LogP contribution in [0.3, 0.4) is 0 Å². The molecular formula is C14H11ClN4O4. The molecule has 0 unspecified atom stereocenters. The number of carbonyl (C=O) groups excluding carboxylic acids is 1. The quantitative estimate of drug-likeness (QED) is 0.475. The van der Waals surface area contributed by atoms with Crippen molar-refractivity contribution in [2.24, 2.45) is 0 Å². The number of aromatic nitrogens is 2. The molecule has 1 aromatic carbocycles. The molecule has 0 saturated carbocycles. The van der Waals surface area contributed by atoms with Crippen molar-refractivity contribution < 1.29 is 14.5 Å². The molecule has 0 aliphatic carbocycles. The summed E-state index contributed by atoms with van der Waals surface area (Å²) in [6.07, 6.45) is 1.36. The van der Waals surface area contributed by atoms with Crippen LogP contribution in [-0.2, 0) is 4.79 Å². The molecule has 1 aromatic heterocycles. The lowest BCUT2D eigenvalue weighted by atomic mass is 10.0. The first-order chi connectivity index (χ1) is 10.8. The van der Waals surface area contributed by atoms with Crippen molar-refractivity contribution in [2.45, 2.75) is 19.4 Å². The highest BCUT2D eigenvalue weighted by Gasteiger charge is 2.43. The number of amides is 1. The third-order valence-corrected chi connectivity index (χ3v) is 3.48. The van der Waals surface area contributed by atoms with Crippen molar-refractivity contribution in [3.63, 3.8) is 0 Å². The van der Waals surface area contributed by atoms with E-state index in [1.54, 1.807) is 19.9 Å². The number of ether oxygens (including phenoxy) is 1. The van der Waals surface area contributed by atoms with Gasteiger partial charge in [-0.05, 0) is 31.5 Å². The maximum atomic E-state index is 12.7. The molecule has 23 heavy (non-hydrogen) atoms. The number of nitro groups is 1. The zero-order chi connectivity index (χ0) is 16.8. The third kappa shape index (κ3) is 2.57. The van der Waals surface area contributed by atoms with Crippen LogP contribution in [0, 0.1) is 10.1 Å². The van der Waals surface area contributed by atoms with Gasteiger partial charge in [0.2, 0.25) is 5.28 Å². The SMILES string of the molecule is CC1(C)Oc2cnc(Cl)nc2N(c2cccc([N+](=O)[O-])c2)C1=O. The highest BCUT2D eigenvalue weighted by atomic mass is 35.5. The highest BCUT2D eigenvalue weighted by molar-refractivity contribution is 6.28. The molecule has 0 radical (unpaired) electrons. The predicted octanol–water partition coefficient (Wildman–Crippen LogP) is 2.87. The standard InChI is InChI=1S/C14H11ClN4O4/c1-14(2)12(20)18(8-4-3-5-9(6-8)19(21)22)11-10(23-14)7-16-13(15)17-11/h3-7H,1-2H3. The van der Waals surface area contributed by atoms with Crippen LogP contribution in [0.5, 0.6) is 5.75 Å². The van der Waals surface area contributed by atoms with Gasteiger partial charge in [0.05, 0.1) is 16.8 Å². The Morgan fingerprint density at radius 1 is 1.39 bits per heavy atom. The molecule has 0 N–H and O–H groups in total. The van der Waals surface area contributed by atoms with Crippen LogP contribution in [-0.4, -0.2) is 26.4 Å². The summed E-state index contributed by atoms with van der Waals surface area (Å²) in [6.45, 7) is 3.19. The first-order valence-electron chi connectivity index (χ1n) is 6.60. The summed E-state index contributed by atoms with van der Waals surface area (Å²) in [5, 5.41) is 10.9. The Hall–Kier alpha value is -2.74. The van der Waals surface area contributed by atoms with E-state index in [0.717, 1.165) is 0 Å². The van der Waals surface area contributed by atoms with Crippen LogP contribution in [0.4, 0.5) is 17.2 Å². The molecule has 0 fully saturated rings. The van der Waals surface area contributed by atoms with Gasteiger partial charge in [0, 0.05) is 12.1 Å². The van der Waals surface area contributed by atoms with Crippen molar-refractivity contribution in [3.8, 4) is 5.75 Å². The van der Waals surface area contributed by atoms with Gasteiger partial charge < -0.3 is 4.74 Å². The van der Waals surface area contributed by atoms with Crippen molar-refractivity contribution in [2.75, 3.05) is 4.90 Å². The minimum atomic E-state index is -1.17. The van der Waals surface area contributed by atoms with Gasteiger partial charge in [-0.3, -0.25) is 19.8 Å². The van der Waals surface area contributed by atoms with Gasteiger partial charge in [-0.1, -0.05) is 6.07 Å².